The van der Waals surface area contributed by atoms with Crippen LogP contribution < -0.4 is 10.6 Å². The van der Waals surface area contributed by atoms with E-state index >= 15 is 0 Å². The first-order valence-corrected chi connectivity index (χ1v) is 8.53. The summed E-state index contributed by atoms with van der Waals surface area (Å²) in [4.78, 5) is 9.16. The van der Waals surface area contributed by atoms with Crippen molar-refractivity contribution in [2.75, 3.05) is 46.3 Å². The maximum Gasteiger partial charge on any atom is 0.416 e. The Hall–Kier alpha value is -1.80. The molecule has 4 rings (SSSR count). The number of fused-ring (bicyclic) bond motifs is 3. The SMILES string of the molecule is CN=C(NCc1ccc(C(F)(F)F)cc1)NCC1CN2CCN1CC2. The Morgan fingerprint density at radius 2 is 1.80 bits per heavy atom. The van der Waals surface area contributed by atoms with Crippen LogP contribution >= 0.6 is 0 Å². The first kappa shape index (κ1) is 18.0. The molecule has 1 unspecified atom stereocenters. The van der Waals surface area contributed by atoms with E-state index < -0.39 is 11.7 Å². The summed E-state index contributed by atoms with van der Waals surface area (Å²) in [7, 11) is 1.69. The molecule has 138 valence electrons. The largest absolute Gasteiger partial charge is 0.416 e. The molecule has 3 aliphatic heterocycles. The summed E-state index contributed by atoms with van der Waals surface area (Å²) < 4.78 is 37.7. The Labute approximate surface area is 145 Å². The number of guanidine groups is 1. The van der Waals surface area contributed by atoms with Crippen molar-refractivity contribution in [1.82, 2.24) is 20.4 Å². The molecule has 2 N–H and O–H groups in total. The zero-order valence-electron chi connectivity index (χ0n) is 14.3. The molecular formula is C17H24F3N5. The van der Waals surface area contributed by atoms with E-state index in [1.54, 1.807) is 7.05 Å². The van der Waals surface area contributed by atoms with Crippen molar-refractivity contribution < 1.29 is 13.2 Å². The molecule has 3 saturated heterocycles. The van der Waals surface area contributed by atoms with E-state index in [9.17, 15) is 13.2 Å². The summed E-state index contributed by atoms with van der Waals surface area (Å²) in [6.07, 6.45) is -4.30. The van der Waals surface area contributed by atoms with Gasteiger partial charge in [-0.1, -0.05) is 12.1 Å². The van der Waals surface area contributed by atoms with Crippen molar-refractivity contribution in [1.29, 1.82) is 0 Å². The third kappa shape index (κ3) is 4.64. The zero-order chi connectivity index (χ0) is 17.9. The Kier molecular flexibility index (Phi) is 5.48. The smallest absolute Gasteiger partial charge is 0.355 e. The topological polar surface area (TPSA) is 42.9 Å². The molecular weight excluding hydrogens is 331 g/mol. The van der Waals surface area contributed by atoms with Crippen molar-refractivity contribution in [3.8, 4) is 0 Å². The van der Waals surface area contributed by atoms with Crippen LogP contribution in [0, 0.1) is 0 Å². The van der Waals surface area contributed by atoms with Crippen LogP contribution in [0.3, 0.4) is 0 Å². The number of rotatable bonds is 4. The summed E-state index contributed by atoms with van der Waals surface area (Å²) in [6, 6.07) is 5.67. The van der Waals surface area contributed by atoms with Gasteiger partial charge in [-0.3, -0.25) is 14.8 Å². The number of benzene rings is 1. The molecule has 1 aromatic rings. The fraction of sp³-hybridized carbons (Fsp3) is 0.588. The second-order valence-corrected chi connectivity index (χ2v) is 6.49. The van der Waals surface area contributed by atoms with Gasteiger partial charge in [-0.25, -0.2) is 0 Å². The monoisotopic (exact) mass is 355 g/mol. The average molecular weight is 355 g/mol. The van der Waals surface area contributed by atoms with Gasteiger partial charge >= 0.3 is 6.18 Å². The number of hydrogen-bond acceptors (Lipinski definition) is 3. The van der Waals surface area contributed by atoms with Crippen LogP contribution in [0.1, 0.15) is 11.1 Å². The third-order valence-electron chi connectivity index (χ3n) is 4.86. The van der Waals surface area contributed by atoms with Gasteiger partial charge in [-0.05, 0) is 17.7 Å². The second-order valence-electron chi connectivity index (χ2n) is 6.49. The van der Waals surface area contributed by atoms with Gasteiger partial charge in [0.2, 0.25) is 0 Å². The van der Waals surface area contributed by atoms with Crippen LogP contribution in [-0.2, 0) is 12.7 Å². The molecule has 2 bridgehead atoms. The zero-order valence-corrected chi connectivity index (χ0v) is 14.3. The Morgan fingerprint density at radius 1 is 1.12 bits per heavy atom. The Morgan fingerprint density at radius 3 is 2.32 bits per heavy atom. The first-order valence-electron chi connectivity index (χ1n) is 8.53. The highest BCUT2D eigenvalue weighted by molar-refractivity contribution is 5.79. The van der Waals surface area contributed by atoms with Gasteiger partial charge in [0.15, 0.2) is 5.96 Å². The van der Waals surface area contributed by atoms with E-state index in [-0.39, 0.29) is 0 Å². The predicted molar refractivity (Wildman–Crippen MR) is 91.4 cm³/mol. The lowest BCUT2D eigenvalue weighted by atomic mass is 10.1. The number of alkyl halides is 3. The first-order chi connectivity index (χ1) is 12.0. The van der Waals surface area contributed by atoms with E-state index in [2.05, 4.69) is 25.4 Å². The fourth-order valence-corrected chi connectivity index (χ4v) is 3.35. The molecule has 25 heavy (non-hydrogen) atoms. The van der Waals surface area contributed by atoms with Crippen LogP contribution in [-0.4, -0.2) is 68.1 Å². The highest BCUT2D eigenvalue weighted by Crippen LogP contribution is 2.29. The van der Waals surface area contributed by atoms with E-state index in [1.165, 1.54) is 12.1 Å². The molecule has 8 heteroatoms. The quantitative estimate of drug-likeness (QED) is 0.633. The summed E-state index contributed by atoms with van der Waals surface area (Å²) >= 11 is 0. The van der Waals surface area contributed by atoms with Crippen molar-refractivity contribution in [3.05, 3.63) is 35.4 Å². The lowest BCUT2D eigenvalue weighted by molar-refractivity contribution is -0.137. The highest BCUT2D eigenvalue weighted by Gasteiger charge is 2.31. The molecule has 3 fully saturated rings. The van der Waals surface area contributed by atoms with Gasteiger partial charge in [0.1, 0.15) is 0 Å². The maximum atomic E-state index is 12.6. The van der Waals surface area contributed by atoms with Crippen molar-refractivity contribution in [2.24, 2.45) is 4.99 Å². The molecule has 0 spiro atoms. The number of halogens is 3. The average Bonchev–Trinajstić information content (AvgIpc) is 2.62. The number of nitrogens with one attached hydrogen (secondary N) is 2. The Bertz CT molecular complexity index is 591. The molecule has 3 heterocycles. The maximum absolute atomic E-state index is 12.6. The Balaban J connectivity index is 1.46. The van der Waals surface area contributed by atoms with Crippen LogP contribution in [0.5, 0.6) is 0 Å². The van der Waals surface area contributed by atoms with E-state index in [0.717, 1.165) is 57.0 Å². The van der Waals surface area contributed by atoms with Crippen molar-refractivity contribution >= 4 is 5.96 Å². The van der Waals surface area contributed by atoms with Crippen LogP contribution in [0.4, 0.5) is 13.2 Å². The van der Waals surface area contributed by atoms with Gasteiger partial charge in [-0.15, -0.1) is 0 Å². The van der Waals surface area contributed by atoms with Crippen LogP contribution in [0.25, 0.3) is 0 Å². The molecule has 1 atom stereocenters. The molecule has 0 aromatic heterocycles. The molecule has 3 aliphatic rings. The number of piperazine rings is 3. The second kappa shape index (κ2) is 7.61. The summed E-state index contributed by atoms with van der Waals surface area (Å²) in [6.45, 7) is 6.84. The van der Waals surface area contributed by atoms with Gasteiger partial charge in [0.25, 0.3) is 0 Å². The number of aliphatic imine (C=N–C) groups is 1. The lowest BCUT2D eigenvalue weighted by Gasteiger charge is -2.47. The third-order valence-corrected chi connectivity index (χ3v) is 4.86. The molecule has 0 amide bonds. The minimum absolute atomic E-state index is 0.429. The van der Waals surface area contributed by atoms with Gasteiger partial charge in [-0.2, -0.15) is 13.2 Å². The fourth-order valence-electron chi connectivity index (χ4n) is 3.35. The van der Waals surface area contributed by atoms with Crippen molar-refractivity contribution in [3.63, 3.8) is 0 Å². The molecule has 0 radical (unpaired) electrons. The van der Waals surface area contributed by atoms with Gasteiger partial charge in [0, 0.05) is 58.9 Å². The normalized spacial score (nSPS) is 26.6. The van der Waals surface area contributed by atoms with Crippen molar-refractivity contribution in [2.45, 2.75) is 18.8 Å². The van der Waals surface area contributed by atoms with E-state index in [0.29, 0.717) is 18.5 Å². The minimum Gasteiger partial charge on any atom is -0.355 e. The number of nitrogens with zero attached hydrogens (tertiary/aromatic N) is 3. The van der Waals surface area contributed by atoms with Gasteiger partial charge < -0.3 is 10.6 Å². The van der Waals surface area contributed by atoms with E-state index in [1.807, 2.05) is 0 Å². The molecule has 1 aromatic carbocycles. The summed E-state index contributed by atoms with van der Waals surface area (Å²) in [5.74, 6) is 0.664. The molecule has 5 nitrogen and oxygen atoms in total. The lowest BCUT2D eigenvalue weighted by Crippen LogP contribution is -2.63. The molecule has 0 saturated carbocycles. The van der Waals surface area contributed by atoms with Crippen LogP contribution in [0.2, 0.25) is 0 Å². The van der Waals surface area contributed by atoms with Crippen LogP contribution in [0.15, 0.2) is 29.3 Å². The highest BCUT2D eigenvalue weighted by atomic mass is 19.4. The van der Waals surface area contributed by atoms with E-state index in [4.69, 9.17) is 0 Å². The predicted octanol–water partition coefficient (Wildman–Crippen LogP) is 1.37. The minimum atomic E-state index is -4.30. The van der Waals surface area contributed by atoms with Gasteiger partial charge in [0.05, 0.1) is 5.56 Å². The summed E-state index contributed by atoms with van der Waals surface area (Å²) in [5, 5.41) is 6.47. The molecule has 0 aliphatic carbocycles. The number of hydrogen-bond donors (Lipinski definition) is 2. The standard InChI is InChI=1S/C17H24F3N5/c1-21-16(23-11-15-12-24-6-8-25(15)9-7-24)22-10-13-2-4-14(5-3-13)17(18,19)20/h2-5,15H,6-12H2,1H3,(H2,21,22,23). The summed E-state index contributed by atoms with van der Waals surface area (Å²) in [5.41, 5.74) is 0.151.